The molecule has 1 aromatic heterocycles. The minimum absolute atomic E-state index is 0.319. The minimum Gasteiger partial charge on any atom is -0.364 e. The summed E-state index contributed by atoms with van der Waals surface area (Å²) in [5.74, 6) is -1.23. The Morgan fingerprint density at radius 1 is 1.14 bits per heavy atom. The Hall–Kier alpha value is -2.89. The third-order valence-corrected chi connectivity index (χ3v) is 3.71. The fraction of sp³-hybridized carbons (Fsp3) is 0.188. The summed E-state index contributed by atoms with van der Waals surface area (Å²) < 4.78 is 0. The number of fused-ring (bicyclic) bond motifs is 1. The smallest absolute Gasteiger partial charge is 0.262 e. The van der Waals surface area contributed by atoms with Crippen LogP contribution in [0.1, 0.15) is 33.3 Å². The maximum atomic E-state index is 12.3. The number of benzene rings is 1. The van der Waals surface area contributed by atoms with Gasteiger partial charge in [0.25, 0.3) is 11.8 Å². The van der Waals surface area contributed by atoms with Gasteiger partial charge in [0.15, 0.2) is 0 Å². The molecule has 3 amide bonds. The zero-order chi connectivity index (χ0) is 15.7. The summed E-state index contributed by atoms with van der Waals surface area (Å²) in [5.41, 5.74) is 1.54. The Bertz CT molecular complexity index is 702. The number of H-pyrrole nitrogens is 1. The molecule has 112 valence electrons. The lowest BCUT2D eigenvalue weighted by molar-refractivity contribution is -0.124. The number of nitrogens with one attached hydrogen (secondary N) is 2. The van der Waals surface area contributed by atoms with Crippen LogP contribution in [0.5, 0.6) is 0 Å². The molecule has 22 heavy (non-hydrogen) atoms. The summed E-state index contributed by atoms with van der Waals surface area (Å²) in [7, 11) is 0. The second kappa shape index (κ2) is 5.48. The molecule has 0 aliphatic carbocycles. The van der Waals surface area contributed by atoms with Crippen molar-refractivity contribution < 1.29 is 14.4 Å². The van der Waals surface area contributed by atoms with E-state index in [1.54, 1.807) is 37.4 Å². The number of nitrogens with zero attached hydrogens (tertiary/aromatic N) is 1. The molecule has 0 saturated carbocycles. The quantitative estimate of drug-likeness (QED) is 0.835. The SMILES string of the molecule is CC(C(=O)NCc1ccc[nH]1)N1C(=O)c2ccccc2C1=O. The lowest BCUT2D eigenvalue weighted by Crippen LogP contribution is -2.47. The van der Waals surface area contributed by atoms with E-state index in [2.05, 4.69) is 10.3 Å². The van der Waals surface area contributed by atoms with Gasteiger partial charge in [-0.15, -0.1) is 0 Å². The molecule has 1 aliphatic heterocycles. The predicted molar refractivity (Wildman–Crippen MR) is 79.0 cm³/mol. The van der Waals surface area contributed by atoms with Crippen molar-refractivity contribution in [3.63, 3.8) is 0 Å². The lowest BCUT2D eigenvalue weighted by Gasteiger charge is -2.21. The Morgan fingerprint density at radius 2 is 1.77 bits per heavy atom. The second-order valence-corrected chi connectivity index (χ2v) is 5.12. The van der Waals surface area contributed by atoms with Crippen molar-refractivity contribution in [3.8, 4) is 0 Å². The Balaban J connectivity index is 1.73. The molecule has 0 bridgehead atoms. The first-order valence-electron chi connectivity index (χ1n) is 6.96. The molecule has 6 nitrogen and oxygen atoms in total. The largest absolute Gasteiger partial charge is 0.364 e. The lowest BCUT2D eigenvalue weighted by atomic mass is 10.1. The number of carbonyl (C=O) groups excluding carboxylic acids is 3. The first kappa shape index (κ1) is 14.1. The highest BCUT2D eigenvalue weighted by Gasteiger charge is 2.40. The van der Waals surface area contributed by atoms with Crippen molar-refractivity contribution in [2.24, 2.45) is 0 Å². The maximum absolute atomic E-state index is 12.3. The third kappa shape index (κ3) is 2.28. The van der Waals surface area contributed by atoms with Crippen LogP contribution in [-0.4, -0.2) is 33.6 Å². The van der Waals surface area contributed by atoms with Crippen molar-refractivity contribution in [3.05, 3.63) is 59.4 Å². The van der Waals surface area contributed by atoms with Gasteiger partial charge in [0.05, 0.1) is 17.7 Å². The number of imide groups is 1. The van der Waals surface area contributed by atoms with Gasteiger partial charge in [-0.25, -0.2) is 0 Å². The summed E-state index contributed by atoms with van der Waals surface area (Å²) in [4.78, 5) is 40.8. The van der Waals surface area contributed by atoms with E-state index in [-0.39, 0.29) is 5.91 Å². The molecular weight excluding hydrogens is 282 g/mol. The third-order valence-electron chi connectivity index (χ3n) is 3.71. The summed E-state index contributed by atoms with van der Waals surface area (Å²) in [6.45, 7) is 1.87. The first-order chi connectivity index (χ1) is 10.6. The average Bonchev–Trinajstić information content (AvgIpc) is 3.13. The van der Waals surface area contributed by atoms with E-state index < -0.39 is 17.9 Å². The van der Waals surface area contributed by atoms with Gasteiger partial charge in [-0.2, -0.15) is 0 Å². The van der Waals surface area contributed by atoms with Gasteiger partial charge >= 0.3 is 0 Å². The zero-order valence-corrected chi connectivity index (χ0v) is 12.0. The summed E-state index contributed by atoms with van der Waals surface area (Å²) in [5, 5.41) is 2.71. The molecule has 2 N–H and O–H groups in total. The zero-order valence-electron chi connectivity index (χ0n) is 12.0. The van der Waals surface area contributed by atoms with E-state index in [4.69, 9.17) is 0 Å². The Morgan fingerprint density at radius 3 is 2.32 bits per heavy atom. The van der Waals surface area contributed by atoms with E-state index in [1.165, 1.54) is 0 Å². The van der Waals surface area contributed by atoms with Crippen molar-refractivity contribution in [2.45, 2.75) is 19.5 Å². The van der Waals surface area contributed by atoms with Crippen molar-refractivity contribution in [1.82, 2.24) is 15.2 Å². The van der Waals surface area contributed by atoms with Crippen LogP contribution < -0.4 is 5.32 Å². The van der Waals surface area contributed by atoms with Crippen LogP contribution in [0.25, 0.3) is 0 Å². The molecule has 2 heterocycles. The Kier molecular flexibility index (Phi) is 3.50. The minimum atomic E-state index is -0.859. The van der Waals surface area contributed by atoms with Gasteiger partial charge < -0.3 is 10.3 Å². The van der Waals surface area contributed by atoms with Crippen LogP contribution >= 0.6 is 0 Å². The van der Waals surface area contributed by atoms with E-state index in [0.717, 1.165) is 10.6 Å². The molecule has 0 fully saturated rings. The summed E-state index contributed by atoms with van der Waals surface area (Å²) in [6.07, 6.45) is 1.76. The van der Waals surface area contributed by atoms with Crippen LogP contribution in [0.15, 0.2) is 42.6 Å². The van der Waals surface area contributed by atoms with Gasteiger partial charge in [-0.05, 0) is 31.2 Å². The number of hydrogen-bond acceptors (Lipinski definition) is 3. The molecule has 1 aliphatic rings. The van der Waals surface area contributed by atoms with Crippen molar-refractivity contribution >= 4 is 17.7 Å². The molecule has 1 atom stereocenters. The van der Waals surface area contributed by atoms with E-state index in [0.29, 0.717) is 17.7 Å². The molecule has 2 aromatic rings. The summed E-state index contributed by atoms with van der Waals surface area (Å²) >= 11 is 0. The number of amides is 3. The van der Waals surface area contributed by atoms with Crippen LogP contribution in [-0.2, 0) is 11.3 Å². The van der Waals surface area contributed by atoms with Gasteiger partial charge in [-0.1, -0.05) is 12.1 Å². The normalized spacial score (nSPS) is 14.9. The highest BCUT2D eigenvalue weighted by atomic mass is 16.2. The fourth-order valence-corrected chi connectivity index (χ4v) is 2.48. The molecule has 1 aromatic carbocycles. The average molecular weight is 297 g/mol. The molecule has 0 spiro atoms. The molecular formula is C16H15N3O3. The predicted octanol–water partition coefficient (Wildman–Crippen LogP) is 1.32. The molecule has 0 radical (unpaired) electrons. The highest BCUT2D eigenvalue weighted by molar-refractivity contribution is 6.22. The Labute approximate surface area is 127 Å². The van der Waals surface area contributed by atoms with Gasteiger partial charge in [0, 0.05) is 11.9 Å². The number of aromatic amines is 1. The van der Waals surface area contributed by atoms with E-state index >= 15 is 0 Å². The van der Waals surface area contributed by atoms with Gasteiger partial charge in [-0.3, -0.25) is 19.3 Å². The number of hydrogen-bond donors (Lipinski definition) is 2. The standard InChI is InChI=1S/C16H15N3O3/c1-10(14(20)18-9-11-5-4-8-17-11)19-15(21)12-6-2-3-7-13(12)16(19)22/h2-8,10,17H,9H2,1H3,(H,18,20). The fourth-order valence-electron chi connectivity index (χ4n) is 2.48. The van der Waals surface area contributed by atoms with Crippen LogP contribution in [0.4, 0.5) is 0 Å². The van der Waals surface area contributed by atoms with Gasteiger partial charge in [0.1, 0.15) is 6.04 Å². The van der Waals surface area contributed by atoms with Crippen molar-refractivity contribution in [2.75, 3.05) is 0 Å². The maximum Gasteiger partial charge on any atom is 0.262 e. The topological polar surface area (TPSA) is 82.3 Å². The van der Waals surface area contributed by atoms with Crippen LogP contribution in [0.3, 0.4) is 0 Å². The molecule has 0 saturated heterocycles. The van der Waals surface area contributed by atoms with Gasteiger partial charge in [0.2, 0.25) is 5.91 Å². The molecule has 3 rings (SSSR count). The molecule has 6 heteroatoms. The van der Waals surface area contributed by atoms with Crippen LogP contribution in [0.2, 0.25) is 0 Å². The molecule has 1 unspecified atom stereocenters. The first-order valence-corrected chi connectivity index (χ1v) is 6.96. The number of carbonyl (C=O) groups is 3. The monoisotopic (exact) mass is 297 g/mol. The summed E-state index contributed by atoms with van der Waals surface area (Å²) in [6, 6.07) is 9.40. The number of aromatic nitrogens is 1. The van der Waals surface area contributed by atoms with E-state index in [9.17, 15) is 14.4 Å². The van der Waals surface area contributed by atoms with E-state index in [1.807, 2.05) is 12.1 Å². The number of rotatable bonds is 4. The highest BCUT2D eigenvalue weighted by Crippen LogP contribution is 2.24. The van der Waals surface area contributed by atoms with Crippen LogP contribution in [0, 0.1) is 0 Å². The second-order valence-electron chi connectivity index (χ2n) is 5.12. The van der Waals surface area contributed by atoms with Crippen molar-refractivity contribution in [1.29, 1.82) is 0 Å².